The van der Waals surface area contributed by atoms with Crippen molar-refractivity contribution in [1.29, 1.82) is 0 Å². The molecule has 0 aliphatic carbocycles. The lowest BCUT2D eigenvalue weighted by molar-refractivity contribution is 0.0286. The summed E-state index contributed by atoms with van der Waals surface area (Å²) in [5, 5.41) is 20.1. The molecule has 0 saturated carbocycles. The van der Waals surface area contributed by atoms with Gasteiger partial charge in [0.1, 0.15) is 0 Å². The van der Waals surface area contributed by atoms with E-state index in [0.29, 0.717) is 13.0 Å². The molecule has 2 aromatic rings. The van der Waals surface area contributed by atoms with Gasteiger partial charge in [-0.25, -0.2) is 4.79 Å². The number of amides is 1. The number of rotatable bonds is 3. The Morgan fingerprint density at radius 1 is 1.04 bits per heavy atom. The molecule has 1 heterocycles. The van der Waals surface area contributed by atoms with Gasteiger partial charge < -0.3 is 15.1 Å². The zero-order valence-electron chi connectivity index (χ0n) is 12.9. The fraction of sp³-hybridized carbons (Fsp3) is 0.316. The van der Waals surface area contributed by atoms with Crippen molar-refractivity contribution in [2.45, 2.75) is 31.4 Å². The van der Waals surface area contributed by atoms with Gasteiger partial charge in [0.2, 0.25) is 0 Å². The van der Waals surface area contributed by atoms with Crippen LogP contribution in [0.2, 0.25) is 0 Å². The van der Waals surface area contributed by atoms with E-state index in [1.54, 1.807) is 0 Å². The van der Waals surface area contributed by atoms with Crippen LogP contribution in [0.25, 0.3) is 11.1 Å². The van der Waals surface area contributed by atoms with Crippen LogP contribution in [0.4, 0.5) is 4.79 Å². The molecule has 1 amide bonds. The van der Waals surface area contributed by atoms with Crippen LogP contribution in [-0.4, -0.2) is 33.8 Å². The highest BCUT2D eigenvalue weighted by Crippen LogP contribution is 2.31. The number of carbonyl (C=O) groups is 1. The van der Waals surface area contributed by atoms with Crippen molar-refractivity contribution < 1.29 is 15.0 Å². The van der Waals surface area contributed by atoms with Crippen LogP contribution in [0.15, 0.2) is 54.6 Å². The summed E-state index contributed by atoms with van der Waals surface area (Å²) in [6.45, 7) is 0.495. The first-order valence-electron chi connectivity index (χ1n) is 8.00. The van der Waals surface area contributed by atoms with Gasteiger partial charge in [-0.05, 0) is 42.0 Å². The monoisotopic (exact) mass is 311 g/mol. The molecule has 1 fully saturated rings. The van der Waals surface area contributed by atoms with Gasteiger partial charge in [0.25, 0.3) is 0 Å². The Hall–Kier alpha value is -2.33. The second-order valence-corrected chi connectivity index (χ2v) is 5.98. The lowest BCUT2D eigenvalue weighted by Gasteiger charge is -2.36. The van der Waals surface area contributed by atoms with Crippen LogP contribution in [0.1, 0.15) is 30.9 Å². The number of hydrogen-bond acceptors (Lipinski definition) is 2. The molecule has 0 spiro atoms. The molecular formula is C19H21NO3. The SMILES string of the molecule is O=C(O)N1CCCC[C@H]1[C@@H](O)c1cccc(-c2ccccc2)c1. The molecule has 0 radical (unpaired) electrons. The Kier molecular flexibility index (Phi) is 4.63. The van der Waals surface area contributed by atoms with E-state index in [4.69, 9.17) is 0 Å². The highest BCUT2D eigenvalue weighted by Gasteiger charge is 2.32. The molecule has 120 valence electrons. The second-order valence-electron chi connectivity index (χ2n) is 5.98. The van der Waals surface area contributed by atoms with Gasteiger partial charge in [-0.1, -0.05) is 48.5 Å². The maximum atomic E-state index is 11.4. The van der Waals surface area contributed by atoms with Gasteiger partial charge in [-0.3, -0.25) is 0 Å². The Balaban J connectivity index is 1.87. The summed E-state index contributed by atoms with van der Waals surface area (Å²) in [4.78, 5) is 12.8. The number of likely N-dealkylation sites (tertiary alicyclic amines) is 1. The number of hydrogen-bond donors (Lipinski definition) is 2. The maximum absolute atomic E-state index is 11.4. The van der Waals surface area contributed by atoms with Crippen molar-refractivity contribution in [3.63, 3.8) is 0 Å². The third kappa shape index (κ3) is 3.37. The normalized spacial score (nSPS) is 19.3. The standard InChI is InChI=1S/C19H21NO3/c21-18(17-11-4-5-12-20(17)19(22)23)16-10-6-9-15(13-16)14-7-2-1-3-8-14/h1-3,6-10,13,17-18,21H,4-5,11-12H2,(H,22,23)/t17-,18-/m0/s1. The van der Waals surface area contributed by atoms with E-state index < -0.39 is 12.2 Å². The first kappa shape index (κ1) is 15.6. The largest absolute Gasteiger partial charge is 0.465 e. The predicted octanol–water partition coefficient (Wildman–Crippen LogP) is 3.92. The minimum absolute atomic E-state index is 0.368. The van der Waals surface area contributed by atoms with Crippen LogP contribution in [-0.2, 0) is 0 Å². The molecule has 0 aromatic heterocycles. The molecule has 4 heteroatoms. The molecule has 1 aliphatic rings. The number of aliphatic hydroxyl groups excluding tert-OH is 1. The molecule has 1 saturated heterocycles. The summed E-state index contributed by atoms with van der Waals surface area (Å²) in [6, 6.07) is 17.3. The van der Waals surface area contributed by atoms with Crippen molar-refractivity contribution >= 4 is 6.09 Å². The minimum atomic E-state index is -0.951. The van der Waals surface area contributed by atoms with Gasteiger partial charge in [-0.15, -0.1) is 0 Å². The lowest BCUT2D eigenvalue weighted by Crippen LogP contribution is -2.46. The van der Waals surface area contributed by atoms with Crippen molar-refractivity contribution in [2.24, 2.45) is 0 Å². The average molecular weight is 311 g/mol. The third-order valence-corrected chi connectivity index (χ3v) is 4.49. The number of benzene rings is 2. The summed E-state index contributed by atoms with van der Waals surface area (Å²) < 4.78 is 0. The van der Waals surface area contributed by atoms with Crippen LogP contribution < -0.4 is 0 Å². The van der Waals surface area contributed by atoms with Crippen LogP contribution in [0, 0.1) is 0 Å². The lowest BCUT2D eigenvalue weighted by atomic mass is 9.91. The highest BCUT2D eigenvalue weighted by molar-refractivity contribution is 5.66. The summed E-state index contributed by atoms with van der Waals surface area (Å²) >= 11 is 0. The zero-order chi connectivity index (χ0) is 16.2. The Bertz CT molecular complexity index is 671. The predicted molar refractivity (Wildman–Crippen MR) is 89.2 cm³/mol. The van der Waals surface area contributed by atoms with E-state index in [0.717, 1.165) is 29.5 Å². The summed E-state index contributed by atoms with van der Waals surface area (Å²) in [5.74, 6) is 0. The summed E-state index contributed by atoms with van der Waals surface area (Å²) in [5.41, 5.74) is 2.88. The number of nitrogens with zero attached hydrogens (tertiary/aromatic N) is 1. The molecule has 2 atom stereocenters. The van der Waals surface area contributed by atoms with Crippen molar-refractivity contribution in [3.05, 3.63) is 60.2 Å². The molecular weight excluding hydrogens is 290 g/mol. The van der Waals surface area contributed by atoms with E-state index in [1.807, 2.05) is 54.6 Å². The average Bonchev–Trinajstić information content (AvgIpc) is 2.62. The molecule has 4 nitrogen and oxygen atoms in total. The van der Waals surface area contributed by atoms with E-state index in [9.17, 15) is 15.0 Å². The molecule has 2 aromatic carbocycles. The smallest absolute Gasteiger partial charge is 0.407 e. The zero-order valence-corrected chi connectivity index (χ0v) is 12.9. The van der Waals surface area contributed by atoms with Gasteiger partial charge in [0, 0.05) is 6.54 Å². The molecule has 1 aliphatic heterocycles. The quantitative estimate of drug-likeness (QED) is 0.903. The number of carboxylic acid groups (broad SMARTS) is 1. The first-order valence-corrected chi connectivity index (χ1v) is 8.00. The van der Waals surface area contributed by atoms with Gasteiger partial charge in [0.15, 0.2) is 0 Å². The van der Waals surface area contributed by atoms with Crippen LogP contribution >= 0.6 is 0 Å². The molecule has 3 rings (SSSR count). The molecule has 2 N–H and O–H groups in total. The van der Waals surface area contributed by atoms with Gasteiger partial charge in [0.05, 0.1) is 12.1 Å². The highest BCUT2D eigenvalue weighted by atomic mass is 16.4. The first-order chi connectivity index (χ1) is 11.2. The third-order valence-electron chi connectivity index (χ3n) is 4.49. The molecule has 0 unspecified atom stereocenters. The molecule has 23 heavy (non-hydrogen) atoms. The van der Waals surface area contributed by atoms with E-state index in [2.05, 4.69) is 0 Å². The van der Waals surface area contributed by atoms with E-state index in [1.165, 1.54) is 4.90 Å². The van der Waals surface area contributed by atoms with Gasteiger partial charge >= 0.3 is 6.09 Å². The van der Waals surface area contributed by atoms with Crippen molar-refractivity contribution in [3.8, 4) is 11.1 Å². The van der Waals surface area contributed by atoms with Crippen LogP contribution in [0.3, 0.4) is 0 Å². The van der Waals surface area contributed by atoms with Crippen LogP contribution in [0.5, 0.6) is 0 Å². The molecule has 0 bridgehead atoms. The Labute approximate surface area is 136 Å². The van der Waals surface area contributed by atoms with E-state index >= 15 is 0 Å². The van der Waals surface area contributed by atoms with Crippen molar-refractivity contribution in [1.82, 2.24) is 4.90 Å². The Morgan fingerprint density at radius 3 is 2.52 bits per heavy atom. The fourth-order valence-corrected chi connectivity index (χ4v) is 3.28. The summed E-state index contributed by atoms with van der Waals surface area (Å²) in [6.07, 6.45) is 0.759. The minimum Gasteiger partial charge on any atom is -0.465 e. The van der Waals surface area contributed by atoms with E-state index in [-0.39, 0.29) is 6.04 Å². The van der Waals surface area contributed by atoms with Gasteiger partial charge in [-0.2, -0.15) is 0 Å². The maximum Gasteiger partial charge on any atom is 0.407 e. The topological polar surface area (TPSA) is 60.8 Å². The fourth-order valence-electron chi connectivity index (χ4n) is 3.28. The Morgan fingerprint density at radius 2 is 1.78 bits per heavy atom. The number of aliphatic hydroxyl groups is 1. The number of piperidine rings is 1. The second kappa shape index (κ2) is 6.84. The van der Waals surface area contributed by atoms with Crippen molar-refractivity contribution in [2.75, 3.05) is 6.54 Å². The summed E-state index contributed by atoms with van der Waals surface area (Å²) in [7, 11) is 0.